The maximum atomic E-state index is 13.6. The lowest BCUT2D eigenvalue weighted by atomic mass is 9.90. The Hall–Kier alpha value is -3.30. The third-order valence-corrected chi connectivity index (χ3v) is 8.84. The van der Waals surface area contributed by atoms with E-state index in [0.717, 1.165) is 32.2 Å². The van der Waals surface area contributed by atoms with Crippen molar-refractivity contribution in [3.05, 3.63) is 40.9 Å². The molecule has 2 N–H and O–H groups in total. The van der Waals surface area contributed by atoms with Gasteiger partial charge < -0.3 is 15.0 Å². The van der Waals surface area contributed by atoms with Gasteiger partial charge in [-0.1, -0.05) is 0 Å². The molecule has 0 bridgehead atoms. The molecule has 4 rings (SSSR count). The van der Waals surface area contributed by atoms with Crippen LogP contribution in [0.15, 0.2) is 35.4 Å². The van der Waals surface area contributed by atoms with E-state index in [2.05, 4.69) is 27.2 Å². The van der Waals surface area contributed by atoms with Gasteiger partial charge in [0.05, 0.1) is 18.8 Å². The Bertz CT molecular complexity index is 1560. The molecule has 0 spiro atoms. The Kier molecular flexibility index (Phi) is 10.3. The number of methoxy groups -OCH3 is 1. The molecule has 11 nitrogen and oxygen atoms in total. The molecule has 3 heterocycles. The van der Waals surface area contributed by atoms with Crippen molar-refractivity contribution in [2.75, 3.05) is 43.1 Å². The number of hydrogen-bond donors (Lipinski definition) is 2. The molecule has 0 atom stereocenters. The number of alkyl halides is 3. The average molecular weight is 626 g/mol. The first-order chi connectivity index (χ1) is 20.3. The summed E-state index contributed by atoms with van der Waals surface area (Å²) in [6.45, 7) is 5.35. The second-order valence-corrected chi connectivity index (χ2v) is 13.0. The van der Waals surface area contributed by atoms with Crippen molar-refractivity contribution < 1.29 is 26.3 Å². The lowest BCUT2D eigenvalue weighted by Gasteiger charge is -2.34. The number of rotatable bonds is 12. The van der Waals surface area contributed by atoms with Crippen molar-refractivity contribution in [3.8, 4) is 11.1 Å². The number of pyridine rings is 2. The van der Waals surface area contributed by atoms with E-state index in [0.29, 0.717) is 40.8 Å². The van der Waals surface area contributed by atoms with Gasteiger partial charge in [0.1, 0.15) is 11.5 Å². The Labute approximate surface area is 248 Å². The zero-order valence-electron chi connectivity index (χ0n) is 24.7. The highest BCUT2D eigenvalue weighted by Crippen LogP contribution is 2.27. The Morgan fingerprint density at radius 3 is 2.47 bits per heavy atom. The van der Waals surface area contributed by atoms with Gasteiger partial charge in [-0.3, -0.25) is 14.1 Å². The van der Waals surface area contributed by atoms with Crippen LogP contribution < -0.4 is 15.6 Å². The van der Waals surface area contributed by atoms with Gasteiger partial charge in [-0.2, -0.15) is 18.2 Å². The zero-order chi connectivity index (χ0) is 31.4. The molecule has 0 amide bonds. The molecule has 0 radical (unpaired) electrons. The van der Waals surface area contributed by atoms with Crippen molar-refractivity contribution in [3.63, 3.8) is 0 Å². The largest absolute Gasteiger partial charge is 0.390 e. The summed E-state index contributed by atoms with van der Waals surface area (Å²) < 4.78 is 70.2. The standard InChI is InChI=1S/C28H38F3N7O4S/c1-18(2)38-25-20(17-33-27(35-25)34-21-6-8-22(9-7-21)37(3)12-13-42-4)15-23(26(38)39)19-5-10-24(32-16-19)36-43(40,41)14-11-28(29,30)31/h5,10,15-18,21-22H,6-9,11-14H2,1-4H3,(H,32,36)(H,33,34,35). The summed E-state index contributed by atoms with van der Waals surface area (Å²) in [6, 6.07) is 4.94. The van der Waals surface area contributed by atoms with Crippen LogP contribution in [0.25, 0.3) is 22.2 Å². The van der Waals surface area contributed by atoms with Gasteiger partial charge in [0.15, 0.2) is 0 Å². The van der Waals surface area contributed by atoms with Crippen molar-refractivity contribution in [2.24, 2.45) is 0 Å². The molecule has 1 aliphatic rings. The smallest absolute Gasteiger partial charge is 0.383 e. The lowest BCUT2D eigenvalue weighted by Crippen LogP contribution is -2.39. The van der Waals surface area contributed by atoms with Crippen LogP contribution in [-0.4, -0.2) is 84.2 Å². The summed E-state index contributed by atoms with van der Waals surface area (Å²) in [5.74, 6) is -0.812. The number of aromatic nitrogens is 4. The Balaban J connectivity index is 1.51. The number of hydrogen-bond acceptors (Lipinski definition) is 9. The molecule has 3 aromatic heterocycles. The monoisotopic (exact) mass is 625 g/mol. The predicted octanol–water partition coefficient (Wildman–Crippen LogP) is 4.43. The van der Waals surface area contributed by atoms with E-state index < -0.39 is 28.4 Å². The van der Waals surface area contributed by atoms with Crippen molar-refractivity contribution in [2.45, 2.75) is 70.3 Å². The summed E-state index contributed by atoms with van der Waals surface area (Å²) >= 11 is 0. The van der Waals surface area contributed by atoms with Crippen molar-refractivity contribution >= 4 is 32.8 Å². The molecule has 1 aliphatic carbocycles. The maximum Gasteiger partial charge on any atom is 0.390 e. The highest BCUT2D eigenvalue weighted by molar-refractivity contribution is 7.92. The van der Waals surface area contributed by atoms with E-state index in [9.17, 15) is 26.4 Å². The topological polar surface area (TPSA) is 131 Å². The fourth-order valence-electron chi connectivity index (χ4n) is 5.21. The second-order valence-electron chi connectivity index (χ2n) is 11.1. The normalized spacial score (nSPS) is 18.0. The van der Waals surface area contributed by atoms with Gasteiger partial charge in [-0.15, -0.1) is 0 Å². The molecule has 1 saturated carbocycles. The van der Waals surface area contributed by atoms with Gasteiger partial charge in [0, 0.05) is 60.7 Å². The van der Waals surface area contributed by atoms with Gasteiger partial charge in [0.2, 0.25) is 16.0 Å². The quantitative estimate of drug-likeness (QED) is 0.300. The van der Waals surface area contributed by atoms with Crippen LogP contribution in [0.3, 0.4) is 0 Å². The molecular formula is C28H38F3N7O4S. The third kappa shape index (κ3) is 8.63. The molecular weight excluding hydrogens is 587 g/mol. The molecule has 0 unspecified atom stereocenters. The molecule has 0 aromatic carbocycles. The van der Waals surface area contributed by atoms with E-state index in [1.165, 1.54) is 18.3 Å². The number of nitrogens with zero attached hydrogens (tertiary/aromatic N) is 5. The summed E-state index contributed by atoms with van der Waals surface area (Å²) in [4.78, 5) is 29.2. The van der Waals surface area contributed by atoms with Crippen LogP contribution in [0.2, 0.25) is 0 Å². The molecule has 1 fully saturated rings. The Morgan fingerprint density at radius 1 is 1.14 bits per heavy atom. The van der Waals surface area contributed by atoms with Gasteiger partial charge in [-0.25, -0.2) is 18.4 Å². The first-order valence-corrected chi connectivity index (χ1v) is 15.8. The van der Waals surface area contributed by atoms with Crippen LogP contribution in [0.5, 0.6) is 0 Å². The molecule has 0 aliphatic heterocycles. The number of likely N-dealkylation sites (N-methyl/N-ethyl adjacent to an activating group) is 1. The zero-order valence-corrected chi connectivity index (χ0v) is 25.5. The summed E-state index contributed by atoms with van der Waals surface area (Å²) in [6.07, 6.45) is 0.934. The minimum absolute atomic E-state index is 0.148. The van der Waals surface area contributed by atoms with E-state index in [1.807, 2.05) is 18.6 Å². The van der Waals surface area contributed by atoms with Gasteiger partial charge >= 0.3 is 6.18 Å². The average Bonchev–Trinajstić information content (AvgIpc) is 2.95. The highest BCUT2D eigenvalue weighted by atomic mass is 32.2. The molecule has 3 aromatic rings. The summed E-state index contributed by atoms with van der Waals surface area (Å²) in [5, 5.41) is 4.07. The molecule has 15 heteroatoms. The van der Waals surface area contributed by atoms with Crippen LogP contribution in [0.1, 0.15) is 52.0 Å². The molecule has 43 heavy (non-hydrogen) atoms. The van der Waals surface area contributed by atoms with E-state index in [1.54, 1.807) is 23.9 Å². The number of nitrogens with one attached hydrogen (secondary N) is 2. The number of halogens is 3. The lowest BCUT2D eigenvalue weighted by molar-refractivity contribution is -0.129. The molecule has 236 valence electrons. The first kappa shape index (κ1) is 32.6. The van der Waals surface area contributed by atoms with Crippen LogP contribution in [0, 0.1) is 0 Å². The van der Waals surface area contributed by atoms with Gasteiger partial charge in [-0.05, 0) is 64.8 Å². The maximum absolute atomic E-state index is 13.6. The highest BCUT2D eigenvalue weighted by Gasteiger charge is 2.30. The summed E-state index contributed by atoms with van der Waals surface area (Å²) in [7, 11) is -0.424. The van der Waals surface area contributed by atoms with E-state index in [4.69, 9.17) is 9.72 Å². The van der Waals surface area contributed by atoms with E-state index >= 15 is 0 Å². The number of sulfonamides is 1. The Morgan fingerprint density at radius 2 is 1.86 bits per heavy atom. The number of fused-ring (bicyclic) bond motifs is 1. The minimum Gasteiger partial charge on any atom is -0.383 e. The fraction of sp³-hybridized carbons (Fsp3) is 0.571. The van der Waals surface area contributed by atoms with Crippen molar-refractivity contribution in [1.82, 2.24) is 24.4 Å². The minimum atomic E-state index is -4.60. The predicted molar refractivity (Wildman–Crippen MR) is 160 cm³/mol. The van der Waals surface area contributed by atoms with Crippen molar-refractivity contribution in [1.29, 1.82) is 0 Å². The number of ether oxygens (including phenoxy) is 1. The first-order valence-electron chi connectivity index (χ1n) is 14.2. The van der Waals surface area contributed by atoms with Gasteiger partial charge in [0.25, 0.3) is 5.56 Å². The fourth-order valence-corrected chi connectivity index (χ4v) is 6.25. The van der Waals surface area contributed by atoms with E-state index in [-0.39, 0.29) is 23.5 Å². The molecule has 0 saturated heterocycles. The van der Waals surface area contributed by atoms with Crippen LogP contribution in [0.4, 0.5) is 24.9 Å². The van der Waals surface area contributed by atoms with Crippen LogP contribution in [-0.2, 0) is 14.8 Å². The summed E-state index contributed by atoms with van der Waals surface area (Å²) in [5.41, 5.74) is 0.887. The second kappa shape index (κ2) is 13.6. The number of anilines is 2. The SMILES string of the molecule is COCCN(C)C1CCC(Nc2ncc3cc(-c4ccc(NS(=O)(=O)CCC(F)(F)F)nc4)c(=O)n(C(C)C)c3n2)CC1. The third-order valence-electron chi connectivity index (χ3n) is 7.58. The van der Waals surface area contributed by atoms with Crippen LogP contribution >= 0.6 is 0 Å².